The summed E-state index contributed by atoms with van der Waals surface area (Å²) in [5.41, 5.74) is 6.29. The third-order valence-corrected chi connectivity index (χ3v) is 5.19. The van der Waals surface area contributed by atoms with Gasteiger partial charge in [0.15, 0.2) is 5.16 Å². The molecule has 0 spiro atoms. The second kappa shape index (κ2) is 7.84. The van der Waals surface area contributed by atoms with E-state index in [1.54, 1.807) is 0 Å². The van der Waals surface area contributed by atoms with Crippen molar-refractivity contribution < 1.29 is 4.79 Å². The number of carbonyl (C=O) groups excluding carboxylic acids is 1. The lowest BCUT2D eigenvalue weighted by Crippen LogP contribution is -2.21. The topological polar surface area (TPSA) is 59.3 Å². The Morgan fingerprint density at radius 1 is 1.28 bits per heavy atom. The first-order valence-corrected chi connectivity index (χ1v) is 9.46. The van der Waals surface area contributed by atoms with Crippen molar-refractivity contribution >= 4 is 50.3 Å². The molecule has 0 fully saturated rings. The molecule has 128 valence electrons. The Bertz CT molecular complexity index is 951. The molecule has 1 aromatic heterocycles. The highest BCUT2D eigenvalue weighted by molar-refractivity contribution is 9.10. The van der Waals surface area contributed by atoms with Gasteiger partial charge in [0, 0.05) is 11.5 Å². The molecule has 3 rings (SSSR count). The van der Waals surface area contributed by atoms with Crippen LogP contribution >= 0.6 is 27.7 Å². The average molecular weight is 417 g/mol. The van der Waals surface area contributed by atoms with Crippen LogP contribution in [0.1, 0.15) is 12.5 Å². The molecule has 0 bridgehead atoms. The molecule has 0 radical (unpaired) electrons. The van der Waals surface area contributed by atoms with Gasteiger partial charge in [0.2, 0.25) is 0 Å². The number of imidazole rings is 1. The van der Waals surface area contributed by atoms with Gasteiger partial charge in [-0.3, -0.25) is 4.79 Å². The number of hydrogen-bond donors (Lipinski definition) is 1. The first-order valence-electron chi connectivity index (χ1n) is 7.68. The fraction of sp³-hybridized carbons (Fsp3) is 0.167. The highest BCUT2D eigenvalue weighted by Gasteiger charge is 2.10. The van der Waals surface area contributed by atoms with Crippen molar-refractivity contribution in [2.75, 3.05) is 5.75 Å². The Hall–Kier alpha value is -2.12. The summed E-state index contributed by atoms with van der Waals surface area (Å²) in [5.74, 6) is 0.0956. The smallest absolute Gasteiger partial charge is 0.250 e. The van der Waals surface area contributed by atoms with E-state index in [1.165, 1.54) is 11.8 Å². The predicted molar refractivity (Wildman–Crippen MR) is 106 cm³/mol. The quantitative estimate of drug-likeness (QED) is 0.388. The van der Waals surface area contributed by atoms with Crippen molar-refractivity contribution in [3.8, 4) is 0 Å². The highest BCUT2D eigenvalue weighted by Crippen LogP contribution is 2.22. The monoisotopic (exact) mass is 416 g/mol. The lowest BCUT2D eigenvalue weighted by Gasteiger charge is -2.04. The molecular weight excluding hydrogens is 400 g/mol. The second-order valence-corrected chi connectivity index (χ2v) is 7.33. The van der Waals surface area contributed by atoms with Crippen LogP contribution in [0.15, 0.2) is 63.3 Å². The molecule has 1 heterocycles. The Balaban J connectivity index is 1.61. The number of fused-ring (bicyclic) bond motifs is 1. The van der Waals surface area contributed by atoms with Crippen LogP contribution in [-0.4, -0.2) is 26.9 Å². The summed E-state index contributed by atoms with van der Waals surface area (Å²) in [6, 6.07) is 15.7. The number of amides is 1. The molecule has 1 N–H and O–H groups in total. The van der Waals surface area contributed by atoms with Crippen molar-refractivity contribution in [3.05, 3.63) is 58.6 Å². The average Bonchev–Trinajstić information content (AvgIpc) is 2.94. The maximum atomic E-state index is 12.1. The first kappa shape index (κ1) is 17.7. The Morgan fingerprint density at radius 2 is 2.08 bits per heavy atom. The van der Waals surface area contributed by atoms with Crippen LogP contribution in [-0.2, 0) is 11.8 Å². The van der Waals surface area contributed by atoms with Crippen LogP contribution in [0, 0.1) is 0 Å². The van der Waals surface area contributed by atoms with Gasteiger partial charge in [0.25, 0.3) is 5.91 Å². The van der Waals surface area contributed by atoms with Crippen LogP contribution < -0.4 is 5.43 Å². The van der Waals surface area contributed by atoms with Crippen molar-refractivity contribution in [3.63, 3.8) is 0 Å². The van der Waals surface area contributed by atoms with Gasteiger partial charge >= 0.3 is 0 Å². The van der Waals surface area contributed by atoms with Crippen LogP contribution in [0.4, 0.5) is 0 Å². The minimum Gasteiger partial charge on any atom is -0.322 e. The molecule has 5 nitrogen and oxygen atoms in total. The third-order valence-electron chi connectivity index (χ3n) is 3.67. The van der Waals surface area contributed by atoms with E-state index in [1.807, 2.05) is 67.1 Å². The van der Waals surface area contributed by atoms with E-state index >= 15 is 0 Å². The van der Waals surface area contributed by atoms with Gasteiger partial charge in [0.05, 0.1) is 22.5 Å². The molecule has 0 unspecified atom stereocenters. The summed E-state index contributed by atoms with van der Waals surface area (Å²) in [5, 5.41) is 4.98. The van der Waals surface area contributed by atoms with E-state index < -0.39 is 0 Å². The van der Waals surface area contributed by atoms with Crippen molar-refractivity contribution in [1.82, 2.24) is 15.0 Å². The van der Waals surface area contributed by atoms with E-state index in [0.29, 0.717) is 0 Å². The molecule has 0 aliphatic heterocycles. The predicted octanol–water partition coefficient (Wildman–Crippen LogP) is 3.97. The molecule has 0 aliphatic carbocycles. The normalized spacial score (nSPS) is 11.7. The molecule has 3 aromatic rings. The Kier molecular flexibility index (Phi) is 5.55. The third kappa shape index (κ3) is 4.29. The van der Waals surface area contributed by atoms with E-state index in [-0.39, 0.29) is 11.7 Å². The van der Waals surface area contributed by atoms with Gasteiger partial charge in [-0.25, -0.2) is 10.4 Å². The number of aromatic nitrogens is 2. The summed E-state index contributed by atoms with van der Waals surface area (Å²) in [6.07, 6.45) is 0. The molecular formula is C18H17BrN4OS. The van der Waals surface area contributed by atoms with Gasteiger partial charge in [0.1, 0.15) is 0 Å². The van der Waals surface area contributed by atoms with Crippen molar-refractivity contribution in [2.45, 2.75) is 12.1 Å². The number of para-hydroxylation sites is 2. The summed E-state index contributed by atoms with van der Waals surface area (Å²) in [6.45, 7) is 1.86. The Labute approximate surface area is 158 Å². The molecule has 0 atom stereocenters. The fourth-order valence-electron chi connectivity index (χ4n) is 2.34. The van der Waals surface area contributed by atoms with Gasteiger partial charge in [-0.15, -0.1) is 0 Å². The minimum atomic E-state index is -0.161. The lowest BCUT2D eigenvalue weighted by atomic mass is 10.1. The SMILES string of the molecule is C/C(=N\NC(=O)CSc1nc2ccccc2n1C)c1cccc(Br)c1. The maximum absolute atomic E-state index is 12.1. The number of thioether (sulfide) groups is 1. The summed E-state index contributed by atoms with van der Waals surface area (Å²) >= 11 is 4.82. The van der Waals surface area contributed by atoms with Gasteiger partial charge in [-0.1, -0.05) is 52.0 Å². The zero-order valence-electron chi connectivity index (χ0n) is 13.9. The van der Waals surface area contributed by atoms with E-state index in [0.717, 1.165) is 31.9 Å². The summed E-state index contributed by atoms with van der Waals surface area (Å²) < 4.78 is 2.96. The first-order chi connectivity index (χ1) is 12.0. The second-order valence-electron chi connectivity index (χ2n) is 5.47. The van der Waals surface area contributed by atoms with Gasteiger partial charge in [-0.05, 0) is 36.8 Å². The van der Waals surface area contributed by atoms with Gasteiger partial charge in [-0.2, -0.15) is 5.10 Å². The van der Waals surface area contributed by atoms with Crippen LogP contribution in [0.25, 0.3) is 11.0 Å². The maximum Gasteiger partial charge on any atom is 0.250 e. The van der Waals surface area contributed by atoms with Crippen LogP contribution in [0.2, 0.25) is 0 Å². The number of rotatable bonds is 5. The van der Waals surface area contributed by atoms with Gasteiger partial charge < -0.3 is 4.57 Å². The Morgan fingerprint density at radius 3 is 2.84 bits per heavy atom. The van der Waals surface area contributed by atoms with Crippen molar-refractivity contribution in [2.24, 2.45) is 12.1 Å². The number of nitrogens with one attached hydrogen (secondary N) is 1. The molecule has 0 saturated heterocycles. The number of hydrazone groups is 1. The zero-order chi connectivity index (χ0) is 17.8. The highest BCUT2D eigenvalue weighted by atomic mass is 79.9. The fourth-order valence-corrected chi connectivity index (χ4v) is 3.52. The van der Waals surface area contributed by atoms with E-state index in [9.17, 15) is 4.79 Å². The zero-order valence-corrected chi connectivity index (χ0v) is 16.3. The number of aryl methyl sites for hydroxylation is 1. The number of carbonyl (C=O) groups is 1. The summed E-state index contributed by atoms with van der Waals surface area (Å²) in [7, 11) is 1.95. The number of halogens is 1. The lowest BCUT2D eigenvalue weighted by molar-refractivity contribution is -0.118. The molecule has 2 aromatic carbocycles. The van der Waals surface area contributed by atoms with E-state index in [4.69, 9.17) is 0 Å². The molecule has 25 heavy (non-hydrogen) atoms. The van der Waals surface area contributed by atoms with Crippen LogP contribution in [0.3, 0.4) is 0 Å². The molecule has 0 saturated carbocycles. The van der Waals surface area contributed by atoms with Crippen molar-refractivity contribution in [1.29, 1.82) is 0 Å². The minimum absolute atomic E-state index is 0.161. The van der Waals surface area contributed by atoms with E-state index in [2.05, 4.69) is 31.4 Å². The number of hydrogen-bond acceptors (Lipinski definition) is 4. The molecule has 7 heteroatoms. The molecule has 0 aliphatic rings. The number of nitrogens with zero attached hydrogens (tertiary/aromatic N) is 3. The molecule has 1 amide bonds. The van der Waals surface area contributed by atoms with Crippen LogP contribution in [0.5, 0.6) is 0 Å². The number of benzene rings is 2. The largest absolute Gasteiger partial charge is 0.322 e. The standard InChI is InChI=1S/C18H17BrN4OS/c1-12(13-6-5-7-14(19)10-13)21-22-17(24)11-25-18-20-15-8-3-4-9-16(15)23(18)2/h3-10H,11H2,1-2H3,(H,22,24)/b21-12+. The summed E-state index contributed by atoms with van der Waals surface area (Å²) in [4.78, 5) is 16.6.